The van der Waals surface area contributed by atoms with Crippen molar-refractivity contribution in [3.05, 3.63) is 95.1 Å². The van der Waals surface area contributed by atoms with Crippen molar-refractivity contribution in [3.8, 4) is 11.5 Å². The second-order valence-electron chi connectivity index (χ2n) is 8.38. The number of benzene rings is 3. The van der Waals surface area contributed by atoms with E-state index in [-0.39, 0.29) is 6.04 Å². The van der Waals surface area contributed by atoms with Crippen molar-refractivity contribution >= 4 is 0 Å². The summed E-state index contributed by atoms with van der Waals surface area (Å²) in [7, 11) is 0. The Hall–Kier alpha value is -2.78. The number of nitrogens with one attached hydrogen (secondary N) is 1. The van der Waals surface area contributed by atoms with Gasteiger partial charge in [-0.15, -0.1) is 0 Å². The van der Waals surface area contributed by atoms with Crippen LogP contribution in [0, 0.1) is 5.92 Å². The van der Waals surface area contributed by atoms with Gasteiger partial charge in [-0.3, -0.25) is 0 Å². The molecule has 1 heterocycles. The predicted molar refractivity (Wildman–Crippen MR) is 122 cm³/mol. The normalized spacial score (nSPS) is 15.6. The van der Waals surface area contributed by atoms with Crippen LogP contribution in [-0.2, 0) is 13.0 Å². The molecule has 1 atom stereocenters. The van der Waals surface area contributed by atoms with Gasteiger partial charge < -0.3 is 14.8 Å². The molecule has 0 saturated heterocycles. The van der Waals surface area contributed by atoms with Gasteiger partial charge in [-0.25, -0.2) is 0 Å². The standard InChI is InChI=1S/C27H31NO2/c1-20(2)14-16-29-24-10-6-9-23(18-24)27-26-12-11-25(17-22(26)13-15-28-27)30-19-21-7-4-3-5-8-21/h3-12,17-18,20,27-28H,13-16,19H2,1-2H3. The summed E-state index contributed by atoms with van der Waals surface area (Å²) in [6, 6.07) is 25.5. The van der Waals surface area contributed by atoms with Gasteiger partial charge in [0.2, 0.25) is 0 Å². The van der Waals surface area contributed by atoms with Crippen LogP contribution in [0.15, 0.2) is 72.8 Å². The fourth-order valence-corrected chi connectivity index (χ4v) is 3.87. The zero-order valence-corrected chi connectivity index (χ0v) is 17.9. The predicted octanol–water partition coefficient (Wildman–Crippen LogP) is 5.93. The van der Waals surface area contributed by atoms with Crippen molar-refractivity contribution in [2.75, 3.05) is 13.2 Å². The molecule has 3 nitrogen and oxygen atoms in total. The zero-order valence-electron chi connectivity index (χ0n) is 17.9. The van der Waals surface area contributed by atoms with Gasteiger partial charge in [-0.2, -0.15) is 0 Å². The van der Waals surface area contributed by atoms with Gasteiger partial charge in [-0.05, 0) is 65.3 Å². The molecule has 3 aromatic carbocycles. The van der Waals surface area contributed by atoms with Crippen LogP contribution in [0.25, 0.3) is 0 Å². The molecule has 0 bridgehead atoms. The van der Waals surface area contributed by atoms with Gasteiger partial charge in [0.05, 0.1) is 12.6 Å². The summed E-state index contributed by atoms with van der Waals surface area (Å²) in [5, 5.41) is 3.67. The van der Waals surface area contributed by atoms with E-state index in [1.807, 2.05) is 24.3 Å². The van der Waals surface area contributed by atoms with Gasteiger partial charge in [0.1, 0.15) is 18.1 Å². The maximum Gasteiger partial charge on any atom is 0.120 e. The molecule has 30 heavy (non-hydrogen) atoms. The molecule has 4 rings (SSSR count). The Morgan fingerprint density at radius 3 is 2.57 bits per heavy atom. The minimum atomic E-state index is 0.186. The summed E-state index contributed by atoms with van der Waals surface area (Å²) in [4.78, 5) is 0. The molecule has 1 unspecified atom stereocenters. The highest BCUT2D eigenvalue weighted by Crippen LogP contribution is 2.32. The average molecular weight is 402 g/mol. The van der Waals surface area contributed by atoms with Crippen molar-refractivity contribution in [2.45, 2.75) is 39.3 Å². The van der Waals surface area contributed by atoms with Crippen LogP contribution in [-0.4, -0.2) is 13.2 Å². The molecule has 1 aliphatic rings. The molecule has 156 valence electrons. The molecule has 3 aromatic rings. The first-order valence-corrected chi connectivity index (χ1v) is 10.9. The van der Waals surface area contributed by atoms with Crippen LogP contribution in [0.5, 0.6) is 11.5 Å². The number of hydrogen-bond donors (Lipinski definition) is 1. The molecular weight excluding hydrogens is 370 g/mol. The summed E-state index contributed by atoms with van der Waals surface area (Å²) in [5.41, 5.74) is 5.11. The smallest absolute Gasteiger partial charge is 0.120 e. The lowest BCUT2D eigenvalue weighted by Crippen LogP contribution is -2.30. The number of hydrogen-bond acceptors (Lipinski definition) is 3. The van der Waals surface area contributed by atoms with Crippen molar-refractivity contribution in [1.29, 1.82) is 0 Å². The first-order valence-electron chi connectivity index (χ1n) is 10.9. The van der Waals surface area contributed by atoms with Crippen LogP contribution in [0.4, 0.5) is 0 Å². The molecule has 0 aromatic heterocycles. The SMILES string of the molecule is CC(C)CCOc1cccc(C2NCCc3cc(OCc4ccccc4)ccc32)c1. The van der Waals surface area contributed by atoms with Gasteiger partial charge in [-0.1, -0.05) is 62.4 Å². The lowest BCUT2D eigenvalue weighted by atomic mass is 9.89. The van der Waals surface area contributed by atoms with E-state index in [2.05, 4.69) is 67.7 Å². The maximum atomic E-state index is 6.04. The third-order valence-corrected chi connectivity index (χ3v) is 5.57. The minimum Gasteiger partial charge on any atom is -0.494 e. The van der Waals surface area contributed by atoms with Crippen molar-refractivity contribution < 1.29 is 9.47 Å². The molecular formula is C27H31NO2. The summed E-state index contributed by atoms with van der Waals surface area (Å²) >= 11 is 0. The van der Waals surface area contributed by atoms with Crippen molar-refractivity contribution in [1.82, 2.24) is 5.32 Å². The lowest BCUT2D eigenvalue weighted by molar-refractivity contribution is 0.289. The quantitative estimate of drug-likeness (QED) is 0.508. The molecule has 0 saturated carbocycles. The Balaban J connectivity index is 1.47. The van der Waals surface area contributed by atoms with E-state index >= 15 is 0 Å². The first-order chi connectivity index (χ1) is 14.7. The van der Waals surface area contributed by atoms with Gasteiger partial charge >= 0.3 is 0 Å². The molecule has 0 radical (unpaired) electrons. The number of ether oxygens (including phenoxy) is 2. The van der Waals surface area contributed by atoms with E-state index in [4.69, 9.17) is 9.47 Å². The van der Waals surface area contributed by atoms with E-state index in [0.717, 1.165) is 37.5 Å². The highest BCUT2D eigenvalue weighted by Gasteiger charge is 2.22. The summed E-state index contributed by atoms with van der Waals surface area (Å²) in [6.45, 7) is 6.76. The van der Waals surface area contributed by atoms with Gasteiger partial charge in [0.15, 0.2) is 0 Å². The third-order valence-electron chi connectivity index (χ3n) is 5.57. The van der Waals surface area contributed by atoms with Crippen molar-refractivity contribution in [3.63, 3.8) is 0 Å². The molecule has 3 heteroatoms. The van der Waals surface area contributed by atoms with Crippen molar-refractivity contribution in [2.24, 2.45) is 5.92 Å². The van der Waals surface area contributed by atoms with E-state index in [9.17, 15) is 0 Å². The number of rotatable bonds is 8. The fourth-order valence-electron chi connectivity index (χ4n) is 3.87. The first kappa shape index (κ1) is 20.5. The Labute approximate surface area is 180 Å². The van der Waals surface area contributed by atoms with Gasteiger partial charge in [0.25, 0.3) is 0 Å². The highest BCUT2D eigenvalue weighted by molar-refractivity contribution is 5.45. The molecule has 0 fully saturated rings. The fraction of sp³-hybridized carbons (Fsp3) is 0.333. The molecule has 0 aliphatic carbocycles. The minimum absolute atomic E-state index is 0.186. The van der Waals surface area contributed by atoms with E-state index in [1.165, 1.54) is 22.3 Å². The average Bonchev–Trinajstić information content (AvgIpc) is 2.78. The topological polar surface area (TPSA) is 30.5 Å². The second kappa shape index (κ2) is 9.82. The van der Waals surface area contributed by atoms with Crippen LogP contribution >= 0.6 is 0 Å². The van der Waals surface area contributed by atoms with Crippen LogP contribution in [0.2, 0.25) is 0 Å². The second-order valence-corrected chi connectivity index (χ2v) is 8.38. The Bertz CT molecular complexity index is 952. The van der Waals surface area contributed by atoms with Gasteiger partial charge in [0, 0.05) is 6.54 Å². The third kappa shape index (κ3) is 5.22. The van der Waals surface area contributed by atoms with Crippen LogP contribution in [0.3, 0.4) is 0 Å². The Kier molecular flexibility index (Phi) is 6.70. The zero-order chi connectivity index (χ0) is 20.8. The molecule has 1 N–H and O–H groups in total. The summed E-state index contributed by atoms with van der Waals surface area (Å²) < 4.78 is 12.0. The van der Waals surface area contributed by atoms with E-state index in [1.54, 1.807) is 0 Å². The monoisotopic (exact) mass is 401 g/mol. The highest BCUT2D eigenvalue weighted by atomic mass is 16.5. The largest absolute Gasteiger partial charge is 0.494 e. The van der Waals surface area contributed by atoms with Crippen LogP contribution < -0.4 is 14.8 Å². The van der Waals surface area contributed by atoms with Crippen LogP contribution in [0.1, 0.15) is 48.6 Å². The van der Waals surface area contributed by atoms with E-state index < -0.39 is 0 Å². The molecule has 1 aliphatic heterocycles. The summed E-state index contributed by atoms with van der Waals surface area (Å²) in [5.74, 6) is 2.53. The maximum absolute atomic E-state index is 6.04. The number of fused-ring (bicyclic) bond motifs is 1. The Morgan fingerprint density at radius 1 is 0.900 bits per heavy atom. The molecule has 0 spiro atoms. The summed E-state index contributed by atoms with van der Waals surface area (Å²) in [6.07, 6.45) is 2.08. The molecule has 0 amide bonds. The lowest BCUT2D eigenvalue weighted by Gasteiger charge is -2.28. The Morgan fingerprint density at radius 2 is 1.73 bits per heavy atom. The van der Waals surface area contributed by atoms with E-state index in [0.29, 0.717) is 12.5 Å².